The molecule has 3 N–H and O–H groups in total. The second-order valence-electron chi connectivity index (χ2n) is 4.85. The van der Waals surface area contributed by atoms with Gasteiger partial charge in [-0.3, -0.25) is 9.59 Å². The molecule has 0 aromatic carbocycles. The summed E-state index contributed by atoms with van der Waals surface area (Å²) < 4.78 is 4.58. The Labute approximate surface area is 119 Å². The van der Waals surface area contributed by atoms with Crippen LogP contribution in [0.1, 0.15) is 64.7 Å². The Hall–Kier alpha value is -1.43. The summed E-state index contributed by atoms with van der Waals surface area (Å²) in [5.74, 6) is -2.47. The largest absolute Gasteiger partial charge is 0.481 e. The molecule has 0 radical (unpaired) electrons. The van der Waals surface area contributed by atoms with E-state index < -0.39 is 23.9 Å². The number of unbranched alkanes of at least 4 members (excludes halogenated alkanes) is 5. The number of rotatable bonds is 11. The van der Waals surface area contributed by atoms with Crippen molar-refractivity contribution in [2.75, 3.05) is 0 Å². The van der Waals surface area contributed by atoms with Gasteiger partial charge in [-0.25, -0.2) is 4.79 Å². The van der Waals surface area contributed by atoms with E-state index in [2.05, 4.69) is 11.7 Å². The SMILES string of the molecule is CCCCCCCCC(=O)OC(=O)C(N)CCC(=O)O. The summed E-state index contributed by atoms with van der Waals surface area (Å²) in [4.78, 5) is 33.1. The predicted octanol–water partition coefficient (Wildman–Crippen LogP) is 2.00. The van der Waals surface area contributed by atoms with Crippen LogP contribution in [0.25, 0.3) is 0 Å². The first-order valence-corrected chi connectivity index (χ1v) is 7.19. The van der Waals surface area contributed by atoms with Crippen molar-refractivity contribution >= 4 is 17.9 Å². The maximum Gasteiger partial charge on any atom is 0.330 e. The Morgan fingerprint density at radius 3 is 2.25 bits per heavy atom. The summed E-state index contributed by atoms with van der Waals surface area (Å²) in [5.41, 5.74) is 5.43. The predicted molar refractivity (Wildman–Crippen MR) is 73.9 cm³/mol. The number of carbonyl (C=O) groups is 3. The molecule has 0 aliphatic rings. The van der Waals surface area contributed by atoms with Gasteiger partial charge in [0.05, 0.1) is 0 Å². The van der Waals surface area contributed by atoms with E-state index in [9.17, 15) is 14.4 Å². The minimum atomic E-state index is -1.06. The number of hydrogen-bond donors (Lipinski definition) is 2. The van der Waals surface area contributed by atoms with Crippen molar-refractivity contribution in [2.24, 2.45) is 5.73 Å². The molecular weight excluding hydrogens is 262 g/mol. The van der Waals surface area contributed by atoms with Gasteiger partial charge < -0.3 is 15.6 Å². The molecule has 1 atom stereocenters. The smallest absolute Gasteiger partial charge is 0.330 e. The van der Waals surface area contributed by atoms with Gasteiger partial charge in [0.25, 0.3) is 0 Å². The number of carboxylic acid groups (broad SMARTS) is 1. The van der Waals surface area contributed by atoms with Crippen LogP contribution in [0.2, 0.25) is 0 Å². The van der Waals surface area contributed by atoms with Crippen LogP contribution in [-0.2, 0) is 19.1 Å². The molecular formula is C14H25NO5. The van der Waals surface area contributed by atoms with Crippen LogP contribution in [0.5, 0.6) is 0 Å². The first-order valence-electron chi connectivity index (χ1n) is 7.19. The van der Waals surface area contributed by atoms with Crippen LogP contribution in [0, 0.1) is 0 Å². The molecule has 0 aliphatic carbocycles. The average molecular weight is 287 g/mol. The molecule has 1 unspecified atom stereocenters. The normalized spacial score (nSPS) is 11.9. The Balaban J connectivity index is 3.68. The van der Waals surface area contributed by atoms with Gasteiger partial charge in [-0.2, -0.15) is 0 Å². The Bertz CT molecular complexity index is 317. The van der Waals surface area contributed by atoms with E-state index in [0.29, 0.717) is 6.42 Å². The molecule has 0 saturated carbocycles. The van der Waals surface area contributed by atoms with Crippen molar-refractivity contribution in [3.05, 3.63) is 0 Å². The van der Waals surface area contributed by atoms with E-state index in [1.807, 2.05) is 0 Å². The van der Waals surface area contributed by atoms with Crippen molar-refractivity contribution < 1.29 is 24.2 Å². The molecule has 0 bridgehead atoms. The summed E-state index contributed by atoms with van der Waals surface area (Å²) in [6.45, 7) is 2.14. The zero-order valence-electron chi connectivity index (χ0n) is 12.1. The molecule has 0 spiro atoms. The summed E-state index contributed by atoms with van der Waals surface area (Å²) >= 11 is 0. The highest BCUT2D eigenvalue weighted by Gasteiger charge is 2.19. The molecule has 0 saturated heterocycles. The lowest BCUT2D eigenvalue weighted by Gasteiger charge is -2.08. The Kier molecular flexibility index (Phi) is 10.6. The lowest BCUT2D eigenvalue weighted by atomic mass is 10.1. The van der Waals surface area contributed by atoms with Gasteiger partial charge >= 0.3 is 17.9 Å². The maximum absolute atomic E-state index is 11.4. The van der Waals surface area contributed by atoms with Crippen molar-refractivity contribution in [1.29, 1.82) is 0 Å². The highest BCUT2D eigenvalue weighted by atomic mass is 16.6. The number of carboxylic acids is 1. The standard InChI is InChI=1S/C14H25NO5/c1-2-3-4-5-6-7-8-13(18)20-14(19)11(15)9-10-12(16)17/h11H,2-10,15H2,1H3,(H,16,17). The Morgan fingerprint density at radius 2 is 1.65 bits per heavy atom. The van der Waals surface area contributed by atoms with E-state index in [-0.39, 0.29) is 19.3 Å². The first kappa shape index (κ1) is 18.6. The molecule has 0 aromatic rings. The molecule has 0 amide bonds. The fourth-order valence-corrected chi connectivity index (χ4v) is 1.69. The topological polar surface area (TPSA) is 107 Å². The highest BCUT2D eigenvalue weighted by Crippen LogP contribution is 2.08. The van der Waals surface area contributed by atoms with E-state index in [1.54, 1.807) is 0 Å². The number of aliphatic carboxylic acids is 1. The minimum absolute atomic E-state index is 0.0293. The fraction of sp³-hybridized carbons (Fsp3) is 0.786. The molecule has 0 aliphatic heterocycles. The van der Waals surface area contributed by atoms with Crippen LogP contribution in [0.15, 0.2) is 0 Å². The third kappa shape index (κ3) is 10.5. The van der Waals surface area contributed by atoms with Crippen LogP contribution in [-0.4, -0.2) is 29.1 Å². The third-order valence-corrected chi connectivity index (χ3v) is 2.92. The molecule has 6 heteroatoms. The van der Waals surface area contributed by atoms with Gasteiger partial charge in [0.1, 0.15) is 6.04 Å². The third-order valence-electron chi connectivity index (χ3n) is 2.92. The molecule has 116 valence electrons. The van der Waals surface area contributed by atoms with E-state index in [4.69, 9.17) is 10.8 Å². The Morgan fingerprint density at radius 1 is 1.05 bits per heavy atom. The lowest BCUT2D eigenvalue weighted by Crippen LogP contribution is -2.34. The van der Waals surface area contributed by atoms with Crippen LogP contribution >= 0.6 is 0 Å². The van der Waals surface area contributed by atoms with Crippen LogP contribution < -0.4 is 5.73 Å². The summed E-state index contributed by atoms with van der Waals surface area (Å²) in [7, 11) is 0. The molecule has 20 heavy (non-hydrogen) atoms. The summed E-state index contributed by atoms with van der Waals surface area (Å²) in [5, 5.41) is 8.46. The quantitative estimate of drug-likeness (QED) is 0.342. The van der Waals surface area contributed by atoms with E-state index in [0.717, 1.165) is 19.3 Å². The van der Waals surface area contributed by atoms with Crippen molar-refractivity contribution in [3.8, 4) is 0 Å². The van der Waals surface area contributed by atoms with Gasteiger partial charge in [-0.1, -0.05) is 39.0 Å². The molecule has 6 nitrogen and oxygen atoms in total. The molecule has 0 fully saturated rings. The van der Waals surface area contributed by atoms with Crippen LogP contribution in [0.3, 0.4) is 0 Å². The minimum Gasteiger partial charge on any atom is -0.481 e. The zero-order valence-corrected chi connectivity index (χ0v) is 12.1. The van der Waals surface area contributed by atoms with E-state index >= 15 is 0 Å². The summed E-state index contributed by atoms with van der Waals surface area (Å²) in [6, 6.07) is -1.06. The van der Waals surface area contributed by atoms with Gasteiger partial charge in [0, 0.05) is 12.8 Å². The summed E-state index contributed by atoms with van der Waals surface area (Å²) in [6.07, 6.45) is 6.18. The zero-order chi connectivity index (χ0) is 15.4. The molecule has 0 aromatic heterocycles. The van der Waals surface area contributed by atoms with E-state index in [1.165, 1.54) is 12.8 Å². The maximum atomic E-state index is 11.4. The first-order chi connectivity index (χ1) is 9.47. The molecule has 0 rings (SSSR count). The van der Waals surface area contributed by atoms with Crippen molar-refractivity contribution in [3.63, 3.8) is 0 Å². The number of esters is 2. The van der Waals surface area contributed by atoms with Gasteiger partial charge in [0.15, 0.2) is 0 Å². The lowest BCUT2D eigenvalue weighted by molar-refractivity contribution is -0.160. The second kappa shape index (κ2) is 11.4. The number of hydrogen-bond acceptors (Lipinski definition) is 5. The van der Waals surface area contributed by atoms with Crippen LogP contribution in [0.4, 0.5) is 0 Å². The number of carbonyl (C=O) groups excluding carboxylic acids is 2. The fourth-order valence-electron chi connectivity index (χ4n) is 1.69. The van der Waals surface area contributed by atoms with Gasteiger partial charge in [0.2, 0.25) is 0 Å². The second-order valence-corrected chi connectivity index (χ2v) is 4.85. The van der Waals surface area contributed by atoms with Crippen molar-refractivity contribution in [2.45, 2.75) is 70.8 Å². The van der Waals surface area contributed by atoms with Crippen molar-refractivity contribution in [1.82, 2.24) is 0 Å². The van der Waals surface area contributed by atoms with Gasteiger partial charge in [-0.05, 0) is 12.8 Å². The molecule has 0 heterocycles. The highest BCUT2D eigenvalue weighted by molar-refractivity contribution is 5.88. The van der Waals surface area contributed by atoms with Gasteiger partial charge in [-0.15, -0.1) is 0 Å². The number of nitrogens with two attached hydrogens (primary N) is 1. The monoisotopic (exact) mass is 287 g/mol. The number of ether oxygens (including phenoxy) is 1. The average Bonchev–Trinajstić information content (AvgIpc) is 2.39.